The fourth-order valence-corrected chi connectivity index (χ4v) is 11.8. The molecule has 0 N–H and O–H groups in total. The van der Waals surface area contributed by atoms with E-state index in [4.69, 9.17) is 4.42 Å². The third-order valence-corrected chi connectivity index (χ3v) is 15.6. The predicted molar refractivity (Wildman–Crippen MR) is 320 cm³/mol. The van der Waals surface area contributed by atoms with Gasteiger partial charge in [0.25, 0.3) is 0 Å². The lowest BCUT2D eigenvalue weighted by atomic mass is 9.83. The van der Waals surface area contributed by atoms with Gasteiger partial charge < -0.3 is 13.9 Å². The van der Waals surface area contributed by atoms with Crippen molar-refractivity contribution in [2.24, 2.45) is 5.92 Å². The second-order valence-corrected chi connectivity index (χ2v) is 20.1. The summed E-state index contributed by atoms with van der Waals surface area (Å²) in [6, 6.07) is 97.0. The third kappa shape index (κ3) is 8.01. The number of para-hydroxylation sites is 2. The summed E-state index contributed by atoms with van der Waals surface area (Å²) in [5.41, 5.74) is 21.9. The van der Waals surface area contributed by atoms with Crippen LogP contribution >= 0.6 is 0 Å². The Kier molecular flexibility index (Phi) is 11.2. The van der Waals surface area contributed by atoms with Gasteiger partial charge in [0, 0.05) is 44.7 Å². The Hall–Kier alpha value is -9.70. The van der Waals surface area contributed by atoms with E-state index >= 15 is 0 Å². The Labute approximate surface area is 443 Å². The highest BCUT2D eigenvalue weighted by atomic mass is 16.3. The summed E-state index contributed by atoms with van der Waals surface area (Å²) in [5.74, 6) is 0.185. The van der Waals surface area contributed by atoms with Crippen LogP contribution in [0.3, 0.4) is 0 Å². The minimum atomic E-state index is -0.0156. The highest BCUT2D eigenvalue weighted by molar-refractivity contribution is 6.16. The zero-order valence-electron chi connectivity index (χ0n) is 42.1. The zero-order chi connectivity index (χ0) is 50.5. The van der Waals surface area contributed by atoms with Gasteiger partial charge in [0.2, 0.25) is 0 Å². The van der Waals surface area contributed by atoms with Crippen LogP contribution in [0.25, 0.3) is 111 Å². The Balaban J connectivity index is 0.850. The van der Waals surface area contributed by atoms with Gasteiger partial charge in [-0.15, -0.1) is 0 Å². The van der Waals surface area contributed by atoms with Gasteiger partial charge in [0.1, 0.15) is 11.2 Å². The minimum Gasteiger partial charge on any atom is -0.456 e. The van der Waals surface area contributed by atoms with Crippen molar-refractivity contribution < 1.29 is 4.42 Å². The maximum Gasteiger partial charge on any atom is 0.137 e. The van der Waals surface area contributed by atoms with E-state index < -0.39 is 0 Å². The first kappa shape index (κ1) is 45.0. The lowest BCUT2D eigenvalue weighted by Gasteiger charge is -2.40. The Morgan fingerprint density at radius 3 is 1.46 bits per heavy atom. The number of allylic oxidation sites excluding steroid dienone is 2. The van der Waals surface area contributed by atoms with Crippen LogP contribution < -0.4 is 4.90 Å². The van der Waals surface area contributed by atoms with Crippen molar-refractivity contribution >= 4 is 60.7 Å². The number of hydrogen-bond acceptors (Lipinski definition) is 2. The molecule has 1 aliphatic carbocycles. The molecule has 360 valence electrons. The Morgan fingerprint density at radius 1 is 0.368 bits per heavy atom. The van der Waals surface area contributed by atoms with Crippen LogP contribution in [0.1, 0.15) is 12.5 Å². The first-order chi connectivity index (χ1) is 37.6. The van der Waals surface area contributed by atoms with Crippen LogP contribution in [0.4, 0.5) is 11.4 Å². The number of furan rings is 1. The number of anilines is 2. The summed E-state index contributed by atoms with van der Waals surface area (Å²) in [6.07, 6.45) is 6.94. The Morgan fingerprint density at radius 2 is 0.842 bits per heavy atom. The van der Waals surface area contributed by atoms with Crippen molar-refractivity contribution in [2.45, 2.75) is 13.0 Å². The summed E-state index contributed by atoms with van der Waals surface area (Å²) in [7, 11) is 0. The molecule has 0 saturated heterocycles. The number of aromatic nitrogens is 1. The molecule has 1 aliphatic rings. The molecule has 2 unspecified atom stereocenters. The summed E-state index contributed by atoms with van der Waals surface area (Å²) in [6.45, 7) is 2.36. The van der Waals surface area contributed by atoms with E-state index in [1.165, 1.54) is 77.5 Å². The van der Waals surface area contributed by atoms with Crippen LogP contribution in [0, 0.1) is 5.92 Å². The maximum absolute atomic E-state index is 6.42. The fraction of sp³-hybridized carbons (Fsp3) is 0.0411. The molecule has 2 aromatic heterocycles. The average Bonchev–Trinajstić information content (AvgIpc) is 4.12. The highest BCUT2D eigenvalue weighted by Gasteiger charge is 2.31. The molecule has 76 heavy (non-hydrogen) atoms. The van der Waals surface area contributed by atoms with E-state index in [0.717, 1.165) is 50.0 Å². The minimum absolute atomic E-state index is 0.0156. The second-order valence-electron chi connectivity index (χ2n) is 20.1. The maximum atomic E-state index is 6.42. The van der Waals surface area contributed by atoms with E-state index in [1.54, 1.807) is 0 Å². The Bertz CT molecular complexity index is 4190. The van der Waals surface area contributed by atoms with Crippen molar-refractivity contribution in [1.82, 2.24) is 4.57 Å². The predicted octanol–water partition coefficient (Wildman–Crippen LogP) is 19.8. The molecule has 0 saturated carbocycles. The molecule has 2 atom stereocenters. The first-order valence-electron chi connectivity index (χ1n) is 26.3. The summed E-state index contributed by atoms with van der Waals surface area (Å²) >= 11 is 0. The van der Waals surface area contributed by atoms with E-state index in [2.05, 4.69) is 289 Å². The quantitative estimate of drug-likeness (QED) is 0.136. The molecule has 11 aromatic carbocycles. The molecular weight excluding hydrogens is 921 g/mol. The summed E-state index contributed by atoms with van der Waals surface area (Å²) in [5, 5.41) is 4.70. The molecule has 14 rings (SSSR count). The van der Waals surface area contributed by atoms with Gasteiger partial charge in [-0.05, 0) is 133 Å². The van der Waals surface area contributed by atoms with Gasteiger partial charge in [-0.3, -0.25) is 0 Å². The topological polar surface area (TPSA) is 21.3 Å². The first-order valence-corrected chi connectivity index (χ1v) is 26.3. The van der Waals surface area contributed by atoms with Crippen molar-refractivity contribution in [3.05, 3.63) is 291 Å². The van der Waals surface area contributed by atoms with E-state index in [-0.39, 0.29) is 12.0 Å². The van der Waals surface area contributed by atoms with Crippen LogP contribution in [-0.4, -0.2) is 10.6 Å². The van der Waals surface area contributed by atoms with E-state index in [9.17, 15) is 0 Å². The van der Waals surface area contributed by atoms with Crippen molar-refractivity contribution in [1.29, 1.82) is 0 Å². The van der Waals surface area contributed by atoms with Crippen LogP contribution in [0.15, 0.2) is 290 Å². The third-order valence-electron chi connectivity index (χ3n) is 15.6. The van der Waals surface area contributed by atoms with Gasteiger partial charge in [-0.2, -0.15) is 0 Å². The molecule has 0 fully saturated rings. The van der Waals surface area contributed by atoms with Gasteiger partial charge in [-0.25, -0.2) is 0 Å². The molecule has 0 bridgehead atoms. The number of nitrogens with zero attached hydrogens (tertiary/aromatic N) is 2. The number of benzene rings is 11. The molecule has 0 aliphatic heterocycles. The molecule has 0 radical (unpaired) electrons. The lowest BCUT2D eigenvalue weighted by molar-refractivity contribution is 0.623. The molecule has 3 heteroatoms. The largest absolute Gasteiger partial charge is 0.456 e. The molecule has 0 amide bonds. The van der Waals surface area contributed by atoms with Crippen molar-refractivity contribution in [3.8, 4) is 61.3 Å². The van der Waals surface area contributed by atoms with E-state index in [0.29, 0.717) is 0 Å². The average molecular weight is 973 g/mol. The highest BCUT2D eigenvalue weighted by Crippen LogP contribution is 2.44. The molecule has 3 nitrogen and oxygen atoms in total. The van der Waals surface area contributed by atoms with Gasteiger partial charge in [-0.1, -0.05) is 225 Å². The van der Waals surface area contributed by atoms with Crippen molar-refractivity contribution in [2.75, 3.05) is 4.90 Å². The monoisotopic (exact) mass is 972 g/mol. The van der Waals surface area contributed by atoms with Crippen molar-refractivity contribution in [3.63, 3.8) is 0 Å². The van der Waals surface area contributed by atoms with Crippen LogP contribution in [-0.2, 0) is 0 Å². The standard InChI is InChI=1S/C73H52N2O/c1-49-15-12-25-64(59-21-13-20-58(47-59)63-24-14-27-69-72(63)67-23-8-10-26-68(67)75(69)62-45-46-66-65-22-9-11-28-70(65)76-71(66)48-62)73(49)74(60-41-37-56(38-42-60)54-33-29-52(30-34-54)50-16-4-2-5-17-50)61-43-39-57(40-44-61)55-35-31-53(32-36-55)51-18-6-3-7-19-51/h2-49,73H,1H3. The van der Waals surface area contributed by atoms with Gasteiger partial charge in [0.15, 0.2) is 0 Å². The molecule has 2 heterocycles. The zero-order valence-corrected chi connectivity index (χ0v) is 42.1. The van der Waals surface area contributed by atoms with Crippen LogP contribution in [0.5, 0.6) is 0 Å². The normalized spacial score (nSPS) is 14.4. The smallest absolute Gasteiger partial charge is 0.137 e. The lowest BCUT2D eigenvalue weighted by Crippen LogP contribution is -2.38. The summed E-state index contributed by atoms with van der Waals surface area (Å²) in [4.78, 5) is 2.56. The SMILES string of the molecule is CC1C=CC=C(c2cccc(-c3cccc4c3c3ccccc3n4-c3ccc4c(c3)oc3ccccc34)c2)C1N(c1ccc(-c2ccc(-c3ccccc3)cc2)cc1)c1ccc(-c2ccc(-c3ccccc3)cc2)cc1. The molecular formula is C73H52N2O. The van der Waals surface area contributed by atoms with Gasteiger partial charge >= 0.3 is 0 Å². The molecule has 13 aromatic rings. The number of rotatable bonds is 10. The number of hydrogen-bond donors (Lipinski definition) is 0. The van der Waals surface area contributed by atoms with E-state index in [1.807, 2.05) is 12.1 Å². The number of fused-ring (bicyclic) bond motifs is 6. The summed E-state index contributed by atoms with van der Waals surface area (Å²) < 4.78 is 8.82. The fourth-order valence-electron chi connectivity index (χ4n) is 11.8. The molecule has 0 spiro atoms. The van der Waals surface area contributed by atoms with Crippen LogP contribution in [0.2, 0.25) is 0 Å². The second kappa shape index (κ2) is 19.0. The van der Waals surface area contributed by atoms with Gasteiger partial charge in [0.05, 0.1) is 17.1 Å².